The zero-order valence-electron chi connectivity index (χ0n) is 37.5. The smallest absolute Gasteiger partial charge is 0.0541 e. The first-order chi connectivity index (χ1) is 33.7. The predicted molar refractivity (Wildman–Crippen MR) is 288 cm³/mol. The first-order valence-electron chi connectivity index (χ1n) is 23.3. The van der Waals surface area contributed by atoms with Crippen molar-refractivity contribution >= 4 is 38.9 Å². The van der Waals surface area contributed by atoms with Crippen LogP contribution in [0.4, 0.5) is 17.1 Å². The molecule has 0 atom stereocenters. The second-order valence-corrected chi connectivity index (χ2v) is 17.4. The van der Waals surface area contributed by atoms with Crippen molar-refractivity contribution in [3.63, 3.8) is 0 Å². The van der Waals surface area contributed by atoms with Gasteiger partial charge in [-0.25, -0.2) is 0 Å². The number of nitrogens with zero attached hydrogens (tertiary/aromatic N) is 2. The molecule has 2 heteroatoms. The largest absolute Gasteiger partial charge is 0.310 e. The maximum atomic E-state index is 2.39. The van der Waals surface area contributed by atoms with Crippen molar-refractivity contribution < 1.29 is 0 Å². The van der Waals surface area contributed by atoms with E-state index < -0.39 is 0 Å². The van der Waals surface area contributed by atoms with Gasteiger partial charge in [0.25, 0.3) is 0 Å². The molecule has 0 radical (unpaired) electrons. The van der Waals surface area contributed by atoms with Gasteiger partial charge in [0.2, 0.25) is 0 Å². The Hall–Kier alpha value is -8.98. The van der Waals surface area contributed by atoms with Gasteiger partial charge < -0.3 is 9.47 Å². The average molecular weight is 867 g/mol. The summed E-state index contributed by atoms with van der Waals surface area (Å²) in [5, 5.41) is 2.52. The highest BCUT2D eigenvalue weighted by molar-refractivity contribution is 6.10. The molecule has 2 nitrogen and oxygen atoms in total. The molecule has 0 bridgehead atoms. The normalized spacial score (nSPS) is 11.2. The number of hydrogen-bond acceptors (Lipinski definition) is 1. The SMILES string of the molecule is c1ccc(-c2ccc(N(c3ccc(-c4ccccc4)cc3)c3cccc(-c4ccc(-c5cccc(-c6ccc(-n7c8ccccc8c8cc(-c9ccccc9)ccc87)cc6)c5)cc4)c3)cc2)cc1. The van der Waals surface area contributed by atoms with Gasteiger partial charge in [-0.3, -0.25) is 0 Å². The zero-order chi connectivity index (χ0) is 45.2. The molecule has 12 rings (SSSR count). The summed E-state index contributed by atoms with van der Waals surface area (Å²) in [6, 6.07) is 101. The van der Waals surface area contributed by atoms with E-state index in [1.54, 1.807) is 0 Å². The van der Waals surface area contributed by atoms with E-state index in [1.165, 1.54) is 83.0 Å². The minimum atomic E-state index is 1.10. The van der Waals surface area contributed by atoms with E-state index in [0.717, 1.165) is 28.3 Å². The molecule has 0 N–H and O–H groups in total. The lowest BCUT2D eigenvalue weighted by Gasteiger charge is -2.26. The van der Waals surface area contributed by atoms with Crippen LogP contribution in [0, 0.1) is 0 Å². The topological polar surface area (TPSA) is 8.17 Å². The molecule has 320 valence electrons. The Bertz CT molecular complexity index is 3580. The van der Waals surface area contributed by atoms with Crippen LogP contribution in [0.2, 0.25) is 0 Å². The third-order valence-corrected chi connectivity index (χ3v) is 13.2. The van der Waals surface area contributed by atoms with Gasteiger partial charge in [-0.1, -0.05) is 206 Å². The summed E-state index contributed by atoms with van der Waals surface area (Å²) < 4.78 is 2.39. The van der Waals surface area contributed by atoms with Crippen LogP contribution in [0.25, 0.3) is 94.3 Å². The molecule has 0 spiro atoms. The van der Waals surface area contributed by atoms with Gasteiger partial charge in [0.15, 0.2) is 0 Å². The third-order valence-electron chi connectivity index (χ3n) is 13.2. The fraction of sp³-hybridized carbons (Fsp3) is 0. The molecule has 0 saturated carbocycles. The molecule has 12 aromatic rings. The van der Waals surface area contributed by atoms with Gasteiger partial charge in [-0.05, 0) is 140 Å². The molecule has 0 aliphatic heterocycles. The summed E-state index contributed by atoms with van der Waals surface area (Å²) >= 11 is 0. The van der Waals surface area contributed by atoms with Gasteiger partial charge in [0, 0.05) is 33.5 Å². The van der Waals surface area contributed by atoms with E-state index in [4.69, 9.17) is 0 Å². The van der Waals surface area contributed by atoms with E-state index in [9.17, 15) is 0 Å². The fourth-order valence-corrected chi connectivity index (χ4v) is 9.74. The Morgan fingerprint density at radius 1 is 0.206 bits per heavy atom. The molecule has 0 fully saturated rings. The minimum Gasteiger partial charge on any atom is -0.310 e. The van der Waals surface area contributed by atoms with Crippen LogP contribution >= 0.6 is 0 Å². The zero-order valence-corrected chi connectivity index (χ0v) is 37.5. The maximum absolute atomic E-state index is 2.39. The summed E-state index contributed by atoms with van der Waals surface area (Å²) in [6.45, 7) is 0. The Balaban J connectivity index is 0.822. The van der Waals surface area contributed by atoms with Crippen LogP contribution in [-0.2, 0) is 0 Å². The van der Waals surface area contributed by atoms with Gasteiger partial charge in [-0.2, -0.15) is 0 Å². The minimum absolute atomic E-state index is 1.10. The molecule has 0 unspecified atom stereocenters. The number of anilines is 3. The number of benzene rings is 11. The van der Waals surface area contributed by atoms with Gasteiger partial charge in [0.1, 0.15) is 0 Å². The van der Waals surface area contributed by atoms with Gasteiger partial charge in [-0.15, -0.1) is 0 Å². The second-order valence-electron chi connectivity index (χ2n) is 17.4. The fourth-order valence-electron chi connectivity index (χ4n) is 9.74. The molecule has 0 saturated heterocycles. The molecule has 1 aromatic heterocycles. The predicted octanol–water partition coefficient (Wildman–Crippen LogP) is 18.3. The van der Waals surface area contributed by atoms with E-state index >= 15 is 0 Å². The van der Waals surface area contributed by atoms with Crippen molar-refractivity contribution in [2.24, 2.45) is 0 Å². The summed E-state index contributed by atoms with van der Waals surface area (Å²) in [7, 11) is 0. The molecule has 0 aliphatic rings. The van der Waals surface area contributed by atoms with Crippen molar-refractivity contribution in [2.75, 3.05) is 4.90 Å². The van der Waals surface area contributed by atoms with Crippen molar-refractivity contribution in [1.82, 2.24) is 4.57 Å². The first-order valence-corrected chi connectivity index (χ1v) is 23.3. The van der Waals surface area contributed by atoms with Crippen molar-refractivity contribution in [2.45, 2.75) is 0 Å². The Morgan fingerprint density at radius 3 is 1.10 bits per heavy atom. The van der Waals surface area contributed by atoms with Gasteiger partial charge >= 0.3 is 0 Å². The summed E-state index contributed by atoms with van der Waals surface area (Å²) in [5.41, 5.74) is 21.2. The average Bonchev–Trinajstić information content (AvgIpc) is 3.76. The Morgan fingerprint density at radius 2 is 0.559 bits per heavy atom. The van der Waals surface area contributed by atoms with Crippen LogP contribution < -0.4 is 4.90 Å². The number of para-hydroxylation sites is 1. The van der Waals surface area contributed by atoms with Crippen molar-refractivity contribution in [3.8, 4) is 72.4 Å². The lowest BCUT2D eigenvalue weighted by Crippen LogP contribution is -2.10. The molecule has 1 heterocycles. The van der Waals surface area contributed by atoms with Crippen LogP contribution in [0.15, 0.2) is 279 Å². The van der Waals surface area contributed by atoms with E-state index in [0.29, 0.717) is 0 Å². The summed E-state index contributed by atoms with van der Waals surface area (Å²) in [5.74, 6) is 0. The lowest BCUT2D eigenvalue weighted by molar-refractivity contribution is 1.18. The van der Waals surface area contributed by atoms with E-state index in [-0.39, 0.29) is 0 Å². The summed E-state index contributed by atoms with van der Waals surface area (Å²) in [6.07, 6.45) is 0. The highest BCUT2D eigenvalue weighted by Gasteiger charge is 2.16. The molecule has 0 aliphatic carbocycles. The van der Waals surface area contributed by atoms with Crippen molar-refractivity contribution in [1.29, 1.82) is 0 Å². The molecule has 11 aromatic carbocycles. The molecule has 68 heavy (non-hydrogen) atoms. The van der Waals surface area contributed by atoms with Gasteiger partial charge in [0.05, 0.1) is 11.0 Å². The summed E-state index contributed by atoms with van der Waals surface area (Å²) in [4.78, 5) is 2.35. The standard InChI is InChI=1S/C66H46N2/c1-4-14-47(15-5-1)50-30-37-59(38-31-50)67(60-39-32-51(33-40-60)48-16-6-2-7-17-48)62-23-13-22-57(45-62)53-28-26-52(27-29-53)55-20-12-21-56(44-55)54-34-41-61(42-35-54)68-65-25-11-10-24-63(65)64-46-58(36-43-66(64)68)49-18-8-3-9-19-49/h1-46H. The number of hydrogen-bond donors (Lipinski definition) is 0. The van der Waals surface area contributed by atoms with Crippen LogP contribution in [-0.4, -0.2) is 4.57 Å². The lowest BCUT2D eigenvalue weighted by atomic mass is 9.97. The van der Waals surface area contributed by atoms with Crippen LogP contribution in [0.1, 0.15) is 0 Å². The maximum Gasteiger partial charge on any atom is 0.0541 e. The van der Waals surface area contributed by atoms with Crippen LogP contribution in [0.5, 0.6) is 0 Å². The van der Waals surface area contributed by atoms with E-state index in [1.807, 2.05) is 0 Å². The Kier molecular flexibility index (Phi) is 10.6. The molecular formula is C66H46N2. The second kappa shape index (κ2) is 17.8. The third kappa shape index (κ3) is 7.85. The quantitative estimate of drug-likeness (QED) is 0.133. The number of fused-ring (bicyclic) bond motifs is 3. The van der Waals surface area contributed by atoms with E-state index in [2.05, 4.69) is 289 Å². The highest BCUT2D eigenvalue weighted by atomic mass is 15.1. The molecule has 0 amide bonds. The monoisotopic (exact) mass is 866 g/mol. The molecular weight excluding hydrogens is 821 g/mol. The van der Waals surface area contributed by atoms with Crippen LogP contribution in [0.3, 0.4) is 0 Å². The highest BCUT2D eigenvalue weighted by Crippen LogP contribution is 2.40. The Labute approximate surface area is 397 Å². The first kappa shape index (κ1) is 40.5. The number of aromatic nitrogens is 1. The van der Waals surface area contributed by atoms with Crippen molar-refractivity contribution in [3.05, 3.63) is 279 Å². The number of rotatable bonds is 10.